The maximum Gasteiger partial charge on any atom is 0.212 e. The van der Waals surface area contributed by atoms with Gasteiger partial charge in [0.15, 0.2) is 5.17 Å². The summed E-state index contributed by atoms with van der Waals surface area (Å²) in [4.78, 5) is 8.59. The van der Waals surface area contributed by atoms with E-state index in [0.29, 0.717) is 10.3 Å². The lowest BCUT2D eigenvalue weighted by molar-refractivity contribution is 1.35. The summed E-state index contributed by atoms with van der Waals surface area (Å²) in [6.45, 7) is 0. The fraction of sp³-hybridized carbons (Fsp3) is 0.0909. The second-order valence-electron chi connectivity index (χ2n) is 3.04. The molecule has 1 aromatic heterocycles. The standard InChI is InChI=1S/C11H11N3S2.HI/c1-15-10(12)14-11-13-9(7-16-11)8-5-3-2-4-6-8;/h2-7H,1H3,(H2,12,13,14);1H. The molecule has 6 heteroatoms. The van der Waals surface area contributed by atoms with Crippen molar-refractivity contribution in [2.45, 2.75) is 0 Å². The molecular formula is C11H12IN3S2. The molecule has 0 aliphatic rings. The Balaban J connectivity index is 0.00000144. The number of thiazole rings is 1. The summed E-state index contributed by atoms with van der Waals surface area (Å²) in [5, 5.41) is 3.22. The second-order valence-corrected chi connectivity index (χ2v) is 4.70. The van der Waals surface area contributed by atoms with Crippen LogP contribution in [0.25, 0.3) is 11.3 Å². The van der Waals surface area contributed by atoms with Gasteiger partial charge in [-0.1, -0.05) is 42.1 Å². The number of aromatic nitrogens is 1. The minimum absolute atomic E-state index is 0. The van der Waals surface area contributed by atoms with Crippen LogP contribution in [-0.4, -0.2) is 16.4 Å². The molecule has 0 fully saturated rings. The van der Waals surface area contributed by atoms with Crippen LogP contribution >= 0.6 is 47.1 Å². The molecule has 0 aliphatic heterocycles. The van der Waals surface area contributed by atoms with Gasteiger partial charge in [-0.3, -0.25) is 0 Å². The van der Waals surface area contributed by atoms with E-state index in [4.69, 9.17) is 5.73 Å². The van der Waals surface area contributed by atoms with E-state index in [2.05, 4.69) is 9.98 Å². The van der Waals surface area contributed by atoms with Crippen LogP contribution in [0.3, 0.4) is 0 Å². The lowest BCUT2D eigenvalue weighted by Gasteiger charge is -1.93. The second kappa shape index (κ2) is 6.97. The highest BCUT2D eigenvalue weighted by atomic mass is 127. The molecule has 1 aromatic carbocycles. The van der Waals surface area contributed by atoms with Crippen LogP contribution in [-0.2, 0) is 0 Å². The van der Waals surface area contributed by atoms with Gasteiger partial charge in [0, 0.05) is 10.9 Å². The summed E-state index contributed by atoms with van der Waals surface area (Å²) >= 11 is 2.92. The molecule has 0 saturated carbocycles. The highest BCUT2D eigenvalue weighted by molar-refractivity contribution is 14.0. The van der Waals surface area contributed by atoms with Gasteiger partial charge in [0.05, 0.1) is 5.69 Å². The van der Waals surface area contributed by atoms with Crippen LogP contribution in [0.2, 0.25) is 0 Å². The van der Waals surface area contributed by atoms with E-state index in [1.807, 2.05) is 42.0 Å². The van der Waals surface area contributed by atoms with E-state index in [1.54, 1.807) is 0 Å². The number of rotatable bonds is 2. The molecule has 2 N–H and O–H groups in total. The van der Waals surface area contributed by atoms with Gasteiger partial charge in [-0.15, -0.1) is 35.3 Å². The van der Waals surface area contributed by atoms with Gasteiger partial charge in [0.1, 0.15) is 0 Å². The Labute approximate surface area is 126 Å². The zero-order valence-electron chi connectivity index (χ0n) is 9.16. The molecule has 0 aliphatic carbocycles. The molecule has 2 rings (SSSR count). The third kappa shape index (κ3) is 3.97. The third-order valence-electron chi connectivity index (χ3n) is 1.98. The van der Waals surface area contributed by atoms with Crippen molar-refractivity contribution in [2.75, 3.05) is 6.26 Å². The Morgan fingerprint density at radius 1 is 1.35 bits per heavy atom. The first-order chi connectivity index (χ1) is 7.79. The van der Waals surface area contributed by atoms with Gasteiger partial charge in [-0.2, -0.15) is 4.99 Å². The molecule has 2 aromatic rings. The number of aliphatic imine (C=N–C) groups is 1. The van der Waals surface area contributed by atoms with Crippen molar-refractivity contribution >= 4 is 57.4 Å². The third-order valence-corrected chi connectivity index (χ3v) is 3.22. The molecule has 17 heavy (non-hydrogen) atoms. The van der Waals surface area contributed by atoms with Gasteiger partial charge in [0.25, 0.3) is 0 Å². The molecule has 0 amide bonds. The molecule has 0 bridgehead atoms. The smallest absolute Gasteiger partial charge is 0.212 e. The van der Waals surface area contributed by atoms with Crippen LogP contribution in [0.4, 0.5) is 5.13 Å². The van der Waals surface area contributed by atoms with E-state index in [-0.39, 0.29) is 24.0 Å². The Hall–Kier alpha value is -0.600. The summed E-state index contributed by atoms with van der Waals surface area (Å²) in [7, 11) is 0. The van der Waals surface area contributed by atoms with E-state index in [9.17, 15) is 0 Å². The van der Waals surface area contributed by atoms with Crippen molar-refractivity contribution in [1.29, 1.82) is 0 Å². The highest BCUT2D eigenvalue weighted by Crippen LogP contribution is 2.26. The summed E-state index contributed by atoms with van der Waals surface area (Å²) in [5.74, 6) is 0. The Morgan fingerprint density at radius 2 is 2.06 bits per heavy atom. The Bertz CT molecular complexity index is 496. The lowest BCUT2D eigenvalue weighted by atomic mass is 10.2. The van der Waals surface area contributed by atoms with E-state index in [1.165, 1.54) is 23.1 Å². The molecule has 90 valence electrons. The number of amidine groups is 1. The predicted molar refractivity (Wildman–Crippen MR) is 87.8 cm³/mol. The zero-order chi connectivity index (χ0) is 11.4. The summed E-state index contributed by atoms with van der Waals surface area (Å²) < 4.78 is 0. The van der Waals surface area contributed by atoms with E-state index >= 15 is 0 Å². The molecule has 3 nitrogen and oxygen atoms in total. The highest BCUT2D eigenvalue weighted by Gasteiger charge is 2.03. The van der Waals surface area contributed by atoms with Crippen LogP contribution in [0.5, 0.6) is 0 Å². The van der Waals surface area contributed by atoms with Crippen molar-refractivity contribution in [1.82, 2.24) is 4.98 Å². The van der Waals surface area contributed by atoms with Crippen LogP contribution in [0.15, 0.2) is 40.7 Å². The monoisotopic (exact) mass is 377 g/mol. The van der Waals surface area contributed by atoms with Crippen molar-refractivity contribution in [2.24, 2.45) is 10.7 Å². The van der Waals surface area contributed by atoms with Crippen LogP contribution in [0, 0.1) is 0 Å². The maximum atomic E-state index is 5.63. The van der Waals surface area contributed by atoms with Crippen molar-refractivity contribution in [3.63, 3.8) is 0 Å². The molecular weight excluding hydrogens is 365 g/mol. The summed E-state index contributed by atoms with van der Waals surface area (Å²) in [6, 6.07) is 10.0. The number of benzene rings is 1. The number of thioether (sulfide) groups is 1. The number of hydrogen-bond acceptors (Lipinski definition) is 4. The molecule has 1 heterocycles. The fourth-order valence-electron chi connectivity index (χ4n) is 1.20. The molecule has 0 unspecified atom stereocenters. The SMILES string of the molecule is CS/C(N)=N\c1nc(-c2ccccc2)cs1.I. The molecule has 0 atom stereocenters. The number of nitrogens with zero attached hydrogens (tertiary/aromatic N) is 2. The van der Waals surface area contributed by atoms with Crippen molar-refractivity contribution in [3.8, 4) is 11.3 Å². The van der Waals surface area contributed by atoms with Crippen molar-refractivity contribution < 1.29 is 0 Å². The van der Waals surface area contributed by atoms with E-state index < -0.39 is 0 Å². The first kappa shape index (κ1) is 14.5. The van der Waals surface area contributed by atoms with E-state index in [0.717, 1.165) is 11.3 Å². The Morgan fingerprint density at radius 3 is 2.71 bits per heavy atom. The van der Waals surface area contributed by atoms with Crippen LogP contribution in [0.1, 0.15) is 0 Å². The normalized spacial score (nSPS) is 11.0. The lowest BCUT2D eigenvalue weighted by Crippen LogP contribution is -2.03. The van der Waals surface area contributed by atoms with Gasteiger partial charge < -0.3 is 5.73 Å². The number of halogens is 1. The number of hydrogen-bond donors (Lipinski definition) is 1. The maximum absolute atomic E-state index is 5.63. The predicted octanol–water partition coefficient (Wildman–Crippen LogP) is 3.74. The zero-order valence-corrected chi connectivity index (χ0v) is 13.1. The summed E-state index contributed by atoms with van der Waals surface area (Å²) in [5.41, 5.74) is 7.68. The number of nitrogens with two attached hydrogens (primary N) is 1. The van der Waals surface area contributed by atoms with Gasteiger partial charge >= 0.3 is 0 Å². The quantitative estimate of drug-likeness (QED) is 0.493. The average Bonchev–Trinajstić information content (AvgIpc) is 2.78. The average molecular weight is 377 g/mol. The molecule has 0 spiro atoms. The van der Waals surface area contributed by atoms with Gasteiger partial charge in [0.2, 0.25) is 5.13 Å². The summed E-state index contributed by atoms with van der Waals surface area (Å²) in [6.07, 6.45) is 1.89. The first-order valence-corrected chi connectivity index (χ1v) is 6.79. The van der Waals surface area contributed by atoms with Gasteiger partial charge in [-0.25, -0.2) is 4.98 Å². The topological polar surface area (TPSA) is 51.3 Å². The minimum atomic E-state index is 0. The molecule has 0 saturated heterocycles. The molecule has 0 radical (unpaired) electrons. The minimum Gasteiger partial charge on any atom is -0.378 e. The Kier molecular flexibility index (Phi) is 5.93. The fourth-order valence-corrected chi connectivity index (χ4v) is 2.14. The first-order valence-electron chi connectivity index (χ1n) is 4.68. The van der Waals surface area contributed by atoms with Crippen molar-refractivity contribution in [3.05, 3.63) is 35.7 Å². The van der Waals surface area contributed by atoms with Crippen LogP contribution < -0.4 is 5.73 Å². The van der Waals surface area contributed by atoms with Gasteiger partial charge in [-0.05, 0) is 6.26 Å². The largest absolute Gasteiger partial charge is 0.378 e.